The summed E-state index contributed by atoms with van der Waals surface area (Å²) in [5.74, 6) is 0.433. The lowest BCUT2D eigenvalue weighted by Crippen LogP contribution is -2.58. The molecule has 0 bridgehead atoms. The van der Waals surface area contributed by atoms with Gasteiger partial charge < -0.3 is 10.8 Å². The topological polar surface area (TPSA) is 46.2 Å². The van der Waals surface area contributed by atoms with E-state index in [-0.39, 0.29) is 5.41 Å². The van der Waals surface area contributed by atoms with E-state index in [1.807, 2.05) is 0 Å². The quantitative estimate of drug-likeness (QED) is 0.759. The first-order valence-corrected chi connectivity index (χ1v) is 7.07. The first-order chi connectivity index (χ1) is 7.65. The number of hydrogen-bond donors (Lipinski definition) is 2. The van der Waals surface area contributed by atoms with E-state index in [0.29, 0.717) is 12.5 Å². The number of nitrogens with two attached hydrogens (primary N) is 1. The lowest BCUT2D eigenvalue weighted by atomic mass is 9.55. The summed E-state index contributed by atoms with van der Waals surface area (Å²) in [7, 11) is 0. The fourth-order valence-electron chi connectivity index (χ4n) is 4.16. The van der Waals surface area contributed by atoms with Gasteiger partial charge in [-0.2, -0.15) is 0 Å². The molecule has 0 radical (unpaired) electrons. The van der Waals surface area contributed by atoms with Gasteiger partial charge in [0.2, 0.25) is 0 Å². The highest BCUT2D eigenvalue weighted by Gasteiger charge is 2.52. The zero-order valence-corrected chi connectivity index (χ0v) is 10.7. The molecule has 0 aromatic rings. The second kappa shape index (κ2) is 4.66. The van der Waals surface area contributed by atoms with Gasteiger partial charge in [0.15, 0.2) is 0 Å². The molecule has 3 N–H and O–H groups in total. The predicted molar refractivity (Wildman–Crippen MR) is 67.2 cm³/mol. The van der Waals surface area contributed by atoms with E-state index in [1.54, 1.807) is 0 Å². The van der Waals surface area contributed by atoms with Crippen LogP contribution in [0.5, 0.6) is 0 Å². The van der Waals surface area contributed by atoms with Gasteiger partial charge in [-0.05, 0) is 31.6 Å². The van der Waals surface area contributed by atoms with E-state index in [4.69, 9.17) is 5.73 Å². The summed E-state index contributed by atoms with van der Waals surface area (Å²) in [5, 5.41) is 11.1. The molecule has 0 amide bonds. The zero-order chi connectivity index (χ0) is 11.6. The summed E-state index contributed by atoms with van der Waals surface area (Å²) >= 11 is 0. The first kappa shape index (κ1) is 12.4. The predicted octanol–water partition coefficient (Wildman–Crippen LogP) is 2.84. The summed E-state index contributed by atoms with van der Waals surface area (Å²) in [6, 6.07) is 0. The lowest BCUT2D eigenvalue weighted by Gasteiger charge is -2.54. The van der Waals surface area contributed by atoms with Crippen LogP contribution in [0.4, 0.5) is 0 Å². The smallest absolute Gasteiger partial charge is 0.0741 e. The maximum absolute atomic E-state index is 11.1. The van der Waals surface area contributed by atoms with Gasteiger partial charge >= 0.3 is 0 Å². The van der Waals surface area contributed by atoms with Crippen LogP contribution >= 0.6 is 0 Å². The highest BCUT2D eigenvalue weighted by molar-refractivity contribution is 5.04. The highest BCUT2D eigenvalue weighted by Crippen LogP contribution is 2.52. The molecule has 0 aromatic carbocycles. The van der Waals surface area contributed by atoms with Crippen LogP contribution in [0.3, 0.4) is 0 Å². The normalized spacial score (nSPS) is 39.6. The molecule has 0 aromatic heterocycles. The van der Waals surface area contributed by atoms with E-state index in [0.717, 1.165) is 19.3 Å². The number of rotatable bonds is 2. The minimum atomic E-state index is -0.472. The molecular weight excluding hydrogens is 198 g/mol. The van der Waals surface area contributed by atoms with E-state index in [2.05, 4.69) is 6.92 Å². The first-order valence-electron chi connectivity index (χ1n) is 7.07. The van der Waals surface area contributed by atoms with Crippen molar-refractivity contribution in [2.24, 2.45) is 17.1 Å². The Labute approximate surface area is 99.6 Å². The van der Waals surface area contributed by atoms with Crippen LogP contribution in [0.15, 0.2) is 0 Å². The molecule has 94 valence electrons. The summed E-state index contributed by atoms with van der Waals surface area (Å²) in [5.41, 5.74) is 5.62. The average molecular weight is 225 g/mol. The molecule has 2 atom stereocenters. The summed E-state index contributed by atoms with van der Waals surface area (Å²) in [6.45, 7) is 2.90. The summed E-state index contributed by atoms with van der Waals surface area (Å²) < 4.78 is 0. The van der Waals surface area contributed by atoms with Crippen LogP contribution in [0.2, 0.25) is 0 Å². The molecule has 0 spiro atoms. The molecule has 2 rings (SSSR count). The van der Waals surface area contributed by atoms with Crippen molar-refractivity contribution in [3.05, 3.63) is 0 Å². The van der Waals surface area contributed by atoms with Crippen LogP contribution < -0.4 is 5.73 Å². The fraction of sp³-hybridized carbons (Fsp3) is 1.00. The van der Waals surface area contributed by atoms with Gasteiger partial charge in [-0.1, -0.05) is 39.0 Å². The molecule has 2 saturated carbocycles. The minimum absolute atomic E-state index is 0.0328. The van der Waals surface area contributed by atoms with Crippen molar-refractivity contribution in [2.45, 2.75) is 70.3 Å². The highest BCUT2D eigenvalue weighted by atomic mass is 16.3. The molecule has 2 fully saturated rings. The van der Waals surface area contributed by atoms with Crippen molar-refractivity contribution in [3.63, 3.8) is 0 Å². The Bertz CT molecular complexity index is 229. The van der Waals surface area contributed by atoms with Gasteiger partial charge in [-0.25, -0.2) is 0 Å². The average Bonchev–Trinajstić information content (AvgIpc) is 2.34. The van der Waals surface area contributed by atoms with Crippen molar-refractivity contribution in [2.75, 3.05) is 6.54 Å². The molecule has 0 aliphatic heterocycles. The van der Waals surface area contributed by atoms with E-state index in [1.165, 1.54) is 38.5 Å². The van der Waals surface area contributed by atoms with Gasteiger partial charge in [0, 0.05) is 12.0 Å². The fourth-order valence-corrected chi connectivity index (χ4v) is 4.16. The van der Waals surface area contributed by atoms with Crippen molar-refractivity contribution < 1.29 is 5.11 Å². The van der Waals surface area contributed by atoms with Gasteiger partial charge in [0.1, 0.15) is 0 Å². The third-order valence-corrected chi connectivity index (χ3v) is 5.38. The summed E-state index contributed by atoms with van der Waals surface area (Å²) in [4.78, 5) is 0. The Morgan fingerprint density at radius 2 is 1.69 bits per heavy atom. The standard InChI is InChI=1S/C14H27NO/c1-12-7-3-6-10-14(12,16)13(11-15)8-4-2-5-9-13/h12,16H,2-11,15H2,1H3. The van der Waals surface area contributed by atoms with Crippen molar-refractivity contribution >= 4 is 0 Å². The van der Waals surface area contributed by atoms with Crippen molar-refractivity contribution in [3.8, 4) is 0 Å². The SMILES string of the molecule is CC1CCCCC1(O)C1(CN)CCCCC1. The Kier molecular flexibility index (Phi) is 3.60. The van der Waals surface area contributed by atoms with Crippen molar-refractivity contribution in [1.82, 2.24) is 0 Å². The largest absolute Gasteiger partial charge is 0.389 e. The molecular formula is C14H27NO. The molecule has 0 heterocycles. The van der Waals surface area contributed by atoms with E-state index >= 15 is 0 Å². The van der Waals surface area contributed by atoms with Crippen LogP contribution in [0, 0.1) is 11.3 Å². The Morgan fingerprint density at radius 1 is 1.06 bits per heavy atom. The van der Waals surface area contributed by atoms with Crippen LogP contribution in [-0.4, -0.2) is 17.3 Å². The third-order valence-electron chi connectivity index (χ3n) is 5.38. The molecule has 2 aliphatic rings. The van der Waals surface area contributed by atoms with Crippen molar-refractivity contribution in [1.29, 1.82) is 0 Å². The molecule has 16 heavy (non-hydrogen) atoms. The van der Waals surface area contributed by atoms with Crippen LogP contribution in [-0.2, 0) is 0 Å². The zero-order valence-electron chi connectivity index (χ0n) is 10.7. The monoisotopic (exact) mass is 225 g/mol. The second-order valence-electron chi connectivity index (χ2n) is 6.12. The van der Waals surface area contributed by atoms with Gasteiger partial charge in [-0.3, -0.25) is 0 Å². The number of hydrogen-bond acceptors (Lipinski definition) is 2. The maximum Gasteiger partial charge on any atom is 0.0741 e. The summed E-state index contributed by atoms with van der Waals surface area (Å²) in [6.07, 6.45) is 10.7. The molecule has 2 nitrogen and oxygen atoms in total. The maximum atomic E-state index is 11.1. The third kappa shape index (κ3) is 1.80. The van der Waals surface area contributed by atoms with E-state index < -0.39 is 5.60 Å². The Hall–Kier alpha value is -0.0800. The van der Waals surface area contributed by atoms with E-state index in [9.17, 15) is 5.11 Å². The molecule has 2 unspecified atom stereocenters. The molecule has 2 aliphatic carbocycles. The lowest BCUT2D eigenvalue weighted by molar-refractivity contribution is -0.153. The van der Waals surface area contributed by atoms with Gasteiger partial charge in [0.05, 0.1) is 5.60 Å². The number of aliphatic hydroxyl groups is 1. The Morgan fingerprint density at radius 3 is 2.25 bits per heavy atom. The van der Waals surface area contributed by atoms with Crippen LogP contribution in [0.25, 0.3) is 0 Å². The second-order valence-corrected chi connectivity index (χ2v) is 6.12. The van der Waals surface area contributed by atoms with Gasteiger partial charge in [0.25, 0.3) is 0 Å². The van der Waals surface area contributed by atoms with Gasteiger partial charge in [-0.15, -0.1) is 0 Å². The Balaban J connectivity index is 2.23. The van der Waals surface area contributed by atoms with Crippen LogP contribution in [0.1, 0.15) is 64.7 Å². The molecule has 2 heteroatoms. The minimum Gasteiger partial charge on any atom is -0.389 e. The molecule has 0 saturated heterocycles.